The standard InChI is InChI=1S/C18H18O2/c1-2-3-8-14-11-12-16(18(19)20)17(13-14)15-9-6-4-5-7-10-15/h3-13,15H,2H2,1H3,(H,19,20)/b8-3+. The van der Waals surface area contributed by atoms with Gasteiger partial charge in [0.05, 0.1) is 5.56 Å². The Labute approximate surface area is 119 Å². The first kappa shape index (κ1) is 14.1. The third kappa shape index (κ3) is 3.35. The summed E-state index contributed by atoms with van der Waals surface area (Å²) in [6.07, 6.45) is 16.9. The highest BCUT2D eigenvalue weighted by Gasteiger charge is 2.15. The van der Waals surface area contributed by atoms with Gasteiger partial charge in [-0.25, -0.2) is 4.79 Å². The summed E-state index contributed by atoms with van der Waals surface area (Å²) >= 11 is 0. The largest absolute Gasteiger partial charge is 0.478 e. The molecule has 0 heterocycles. The van der Waals surface area contributed by atoms with Crippen molar-refractivity contribution in [2.24, 2.45) is 0 Å². The highest BCUT2D eigenvalue weighted by Crippen LogP contribution is 2.26. The smallest absolute Gasteiger partial charge is 0.335 e. The number of carboxylic acid groups (broad SMARTS) is 1. The van der Waals surface area contributed by atoms with Crippen LogP contribution in [0.3, 0.4) is 0 Å². The predicted octanol–water partition coefficient (Wildman–Crippen LogP) is 4.57. The molecule has 0 aliphatic heterocycles. The van der Waals surface area contributed by atoms with Gasteiger partial charge in [0, 0.05) is 5.92 Å². The molecule has 0 bridgehead atoms. The molecule has 0 atom stereocenters. The van der Waals surface area contributed by atoms with Crippen LogP contribution >= 0.6 is 0 Å². The van der Waals surface area contributed by atoms with Crippen LogP contribution in [0.1, 0.15) is 40.7 Å². The molecule has 1 aromatic carbocycles. The van der Waals surface area contributed by atoms with Crippen LogP contribution in [-0.4, -0.2) is 11.1 Å². The normalized spacial score (nSPS) is 14.8. The van der Waals surface area contributed by atoms with Gasteiger partial charge in [0.2, 0.25) is 0 Å². The quantitative estimate of drug-likeness (QED) is 0.866. The second-order valence-electron chi connectivity index (χ2n) is 4.64. The molecule has 0 fully saturated rings. The molecule has 1 aliphatic carbocycles. The number of carboxylic acids is 1. The summed E-state index contributed by atoms with van der Waals surface area (Å²) in [6, 6.07) is 5.49. The SMILES string of the molecule is CC/C=C/c1ccc(C(=O)O)c(C2C=CC=CC=C2)c1. The fourth-order valence-electron chi connectivity index (χ4n) is 2.18. The molecule has 1 aromatic rings. The van der Waals surface area contributed by atoms with Crippen molar-refractivity contribution in [1.29, 1.82) is 0 Å². The van der Waals surface area contributed by atoms with Crippen molar-refractivity contribution in [2.45, 2.75) is 19.3 Å². The van der Waals surface area contributed by atoms with Gasteiger partial charge in [-0.05, 0) is 29.7 Å². The molecule has 1 aliphatic rings. The minimum absolute atomic E-state index is 0.00826. The van der Waals surface area contributed by atoms with Crippen molar-refractivity contribution < 1.29 is 9.90 Å². The molecule has 0 aromatic heterocycles. The summed E-state index contributed by atoms with van der Waals surface area (Å²) in [5, 5.41) is 9.35. The van der Waals surface area contributed by atoms with E-state index in [1.165, 1.54) is 0 Å². The van der Waals surface area contributed by atoms with E-state index in [1.807, 2.05) is 54.7 Å². The Morgan fingerprint density at radius 2 is 1.90 bits per heavy atom. The maximum atomic E-state index is 11.4. The highest BCUT2D eigenvalue weighted by atomic mass is 16.4. The number of benzene rings is 1. The minimum Gasteiger partial charge on any atom is -0.478 e. The van der Waals surface area contributed by atoms with Gasteiger partial charge in [0.1, 0.15) is 0 Å². The zero-order chi connectivity index (χ0) is 14.4. The van der Waals surface area contributed by atoms with E-state index in [0.29, 0.717) is 5.56 Å². The molecule has 0 unspecified atom stereocenters. The lowest BCUT2D eigenvalue weighted by atomic mass is 9.91. The Morgan fingerprint density at radius 3 is 2.50 bits per heavy atom. The molecular formula is C18H18O2. The van der Waals surface area contributed by atoms with Crippen LogP contribution in [0.2, 0.25) is 0 Å². The van der Waals surface area contributed by atoms with E-state index in [0.717, 1.165) is 17.5 Å². The van der Waals surface area contributed by atoms with Gasteiger partial charge in [-0.2, -0.15) is 0 Å². The minimum atomic E-state index is -0.884. The van der Waals surface area contributed by atoms with Crippen LogP contribution in [0.5, 0.6) is 0 Å². The number of carbonyl (C=O) groups is 1. The molecule has 0 saturated heterocycles. The monoisotopic (exact) mass is 266 g/mol. The summed E-state index contributed by atoms with van der Waals surface area (Å²) in [4.78, 5) is 11.4. The van der Waals surface area contributed by atoms with E-state index in [4.69, 9.17) is 0 Å². The molecular weight excluding hydrogens is 248 g/mol. The first-order chi connectivity index (χ1) is 9.72. The number of hydrogen-bond acceptors (Lipinski definition) is 1. The van der Waals surface area contributed by atoms with Crippen LogP contribution < -0.4 is 0 Å². The van der Waals surface area contributed by atoms with Gasteiger partial charge < -0.3 is 5.11 Å². The Morgan fingerprint density at radius 1 is 1.20 bits per heavy atom. The Hall–Kier alpha value is -2.35. The van der Waals surface area contributed by atoms with E-state index >= 15 is 0 Å². The van der Waals surface area contributed by atoms with Gasteiger partial charge >= 0.3 is 5.97 Å². The summed E-state index contributed by atoms with van der Waals surface area (Å²) < 4.78 is 0. The van der Waals surface area contributed by atoms with Gasteiger partial charge in [-0.3, -0.25) is 0 Å². The molecule has 2 heteroatoms. The van der Waals surface area contributed by atoms with Crippen LogP contribution in [0.15, 0.2) is 60.7 Å². The summed E-state index contributed by atoms with van der Waals surface area (Å²) in [5.74, 6) is -0.892. The lowest BCUT2D eigenvalue weighted by molar-refractivity contribution is 0.0695. The lowest BCUT2D eigenvalue weighted by Gasteiger charge is -2.12. The van der Waals surface area contributed by atoms with Gasteiger partial charge in [-0.1, -0.05) is 61.6 Å². The van der Waals surface area contributed by atoms with E-state index in [9.17, 15) is 9.90 Å². The number of rotatable bonds is 4. The van der Waals surface area contributed by atoms with Crippen molar-refractivity contribution in [3.63, 3.8) is 0 Å². The zero-order valence-electron chi connectivity index (χ0n) is 11.5. The van der Waals surface area contributed by atoms with Crippen LogP contribution in [0.25, 0.3) is 6.08 Å². The van der Waals surface area contributed by atoms with Crippen molar-refractivity contribution in [3.05, 3.63) is 77.4 Å². The van der Waals surface area contributed by atoms with Crippen molar-refractivity contribution in [3.8, 4) is 0 Å². The molecule has 0 radical (unpaired) electrons. The van der Waals surface area contributed by atoms with E-state index in [-0.39, 0.29) is 5.92 Å². The maximum absolute atomic E-state index is 11.4. The predicted molar refractivity (Wildman–Crippen MR) is 82.9 cm³/mol. The van der Waals surface area contributed by atoms with Crippen molar-refractivity contribution in [1.82, 2.24) is 0 Å². The van der Waals surface area contributed by atoms with Crippen LogP contribution in [0, 0.1) is 0 Å². The van der Waals surface area contributed by atoms with E-state index in [2.05, 4.69) is 13.0 Å². The fraction of sp³-hybridized carbons (Fsp3) is 0.167. The molecule has 1 N–H and O–H groups in total. The van der Waals surface area contributed by atoms with Crippen LogP contribution in [-0.2, 0) is 0 Å². The van der Waals surface area contributed by atoms with Gasteiger partial charge in [-0.15, -0.1) is 0 Å². The summed E-state index contributed by atoms with van der Waals surface area (Å²) in [7, 11) is 0. The maximum Gasteiger partial charge on any atom is 0.335 e. The number of aromatic carboxylic acids is 1. The van der Waals surface area contributed by atoms with E-state index < -0.39 is 5.97 Å². The Bertz CT molecular complexity index is 588. The molecule has 102 valence electrons. The molecule has 2 nitrogen and oxygen atoms in total. The van der Waals surface area contributed by atoms with Crippen molar-refractivity contribution in [2.75, 3.05) is 0 Å². The third-order valence-electron chi connectivity index (χ3n) is 3.18. The van der Waals surface area contributed by atoms with Crippen LogP contribution in [0.4, 0.5) is 0 Å². The first-order valence-electron chi connectivity index (χ1n) is 6.78. The second kappa shape index (κ2) is 6.71. The first-order valence-corrected chi connectivity index (χ1v) is 6.78. The van der Waals surface area contributed by atoms with Gasteiger partial charge in [0.15, 0.2) is 0 Å². The third-order valence-corrected chi connectivity index (χ3v) is 3.18. The average molecular weight is 266 g/mol. The van der Waals surface area contributed by atoms with Crippen molar-refractivity contribution >= 4 is 12.0 Å². The van der Waals surface area contributed by atoms with E-state index in [1.54, 1.807) is 6.07 Å². The van der Waals surface area contributed by atoms with Gasteiger partial charge in [0.25, 0.3) is 0 Å². The summed E-state index contributed by atoms with van der Waals surface area (Å²) in [5.41, 5.74) is 2.22. The molecule has 2 rings (SSSR count). The lowest BCUT2D eigenvalue weighted by Crippen LogP contribution is -2.05. The second-order valence-corrected chi connectivity index (χ2v) is 4.64. The summed E-state index contributed by atoms with van der Waals surface area (Å²) in [6.45, 7) is 2.07. The average Bonchev–Trinajstić information content (AvgIpc) is 2.73. The zero-order valence-corrected chi connectivity index (χ0v) is 11.5. The fourth-order valence-corrected chi connectivity index (χ4v) is 2.18. The molecule has 20 heavy (non-hydrogen) atoms. The number of hydrogen-bond donors (Lipinski definition) is 1. The number of allylic oxidation sites excluding steroid dienone is 7. The Kier molecular flexibility index (Phi) is 4.72. The molecule has 0 spiro atoms. The molecule has 0 amide bonds. The Balaban J connectivity index is 2.46. The topological polar surface area (TPSA) is 37.3 Å². The molecule has 0 saturated carbocycles. The highest BCUT2D eigenvalue weighted by molar-refractivity contribution is 5.90.